The van der Waals surface area contributed by atoms with Crippen LogP contribution >= 0.6 is 57.9 Å². The summed E-state index contributed by atoms with van der Waals surface area (Å²) in [6, 6.07) is 8.88. The average Bonchev–Trinajstić information content (AvgIpc) is 3.21. The van der Waals surface area contributed by atoms with Gasteiger partial charge in [-0.1, -0.05) is 46.4 Å². The van der Waals surface area contributed by atoms with E-state index in [4.69, 9.17) is 46.4 Å². The summed E-state index contributed by atoms with van der Waals surface area (Å²) in [5, 5.41) is 4.00. The number of carbonyl (C=O) groups excluding carboxylic acids is 1. The molecule has 7 nitrogen and oxygen atoms in total. The molecule has 4 rings (SSSR count). The minimum atomic E-state index is -4.16. The lowest BCUT2D eigenvalue weighted by atomic mass is 10.1. The van der Waals surface area contributed by atoms with E-state index in [1.807, 2.05) is 0 Å². The number of rotatable bonds is 6. The van der Waals surface area contributed by atoms with Crippen LogP contribution in [0.5, 0.6) is 0 Å². The molecule has 2 heterocycles. The molecule has 0 radical (unpaired) electrons. The molecule has 0 saturated heterocycles. The Balaban J connectivity index is 1.63. The first-order chi connectivity index (χ1) is 15.7. The standard InChI is InChI=1S/C20H12Cl4N4O3S2/c21-10-1-2-12(19(29)26-8-13-15(23)5-11(22)6-16(13)24)17(7-10)28-33(30,31)20-14-9-27-32-18(14)3-4-25-20/h1-7,9,28H,8H2,(H,26,29). The Morgan fingerprint density at radius 1 is 1.00 bits per heavy atom. The molecular formula is C20H12Cl4N4O3S2. The van der Waals surface area contributed by atoms with Crippen LogP contribution in [0.25, 0.3) is 10.1 Å². The second-order valence-corrected chi connectivity index (χ2v) is 10.8. The maximum absolute atomic E-state index is 13.1. The van der Waals surface area contributed by atoms with Gasteiger partial charge in [-0.05, 0) is 47.9 Å². The molecule has 13 heteroatoms. The normalized spacial score (nSPS) is 11.5. The molecule has 0 aliphatic heterocycles. The van der Waals surface area contributed by atoms with E-state index in [0.717, 1.165) is 11.5 Å². The van der Waals surface area contributed by atoms with Gasteiger partial charge in [0.25, 0.3) is 15.9 Å². The van der Waals surface area contributed by atoms with Crippen molar-refractivity contribution in [1.82, 2.24) is 14.7 Å². The molecule has 2 N–H and O–H groups in total. The fraction of sp³-hybridized carbons (Fsp3) is 0.0500. The number of carbonyl (C=O) groups is 1. The zero-order valence-corrected chi connectivity index (χ0v) is 20.9. The highest BCUT2D eigenvalue weighted by atomic mass is 35.5. The molecule has 0 bridgehead atoms. The number of amides is 1. The van der Waals surface area contributed by atoms with E-state index < -0.39 is 15.9 Å². The van der Waals surface area contributed by atoms with Crippen LogP contribution in [0.1, 0.15) is 15.9 Å². The van der Waals surface area contributed by atoms with E-state index in [2.05, 4.69) is 19.4 Å². The number of anilines is 1. The highest BCUT2D eigenvalue weighted by Gasteiger charge is 2.23. The largest absolute Gasteiger partial charge is 0.348 e. The Morgan fingerprint density at radius 3 is 2.45 bits per heavy atom. The molecular weight excluding hydrogens is 550 g/mol. The first kappa shape index (κ1) is 24.0. The average molecular weight is 562 g/mol. The minimum absolute atomic E-state index is 0.01000. The summed E-state index contributed by atoms with van der Waals surface area (Å²) in [5.74, 6) is -0.574. The zero-order valence-electron chi connectivity index (χ0n) is 16.3. The lowest BCUT2D eigenvalue weighted by Gasteiger charge is -2.14. The topological polar surface area (TPSA) is 101 Å². The van der Waals surface area contributed by atoms with Crippen molar-refractivity contribution in [1.29, 1.82) is 0 Å². The van der Waals surface area contributed by atoms with Gasteiger partial charge in [-0.2, -0.15) is 12.8 Å². The van der Waals surface area contributed by atoms with Gasteiger partial charge in [-0.3, -0.25) is 9.52 Å². The van der Waals surface area contributed by atoms with E-state index in [1.54, 1.807) is 6.07 Å². The van der Waals surface area contributed by atoms with Crippen LogP contribution in [0.4, 0.5) is 5.69 Å². The van der Waals surface area contributed by atoms with Gasteiger partial charge in [-0.15, -0.1) is 0 Å². The second-order valence-electron chi connectivity index (χ2n) is 6.68. The molecule has 0 spiro atoms. The SMILES string of the molecule is O=C(NCc1c(Cl)cc(Cl)cc1Cl)c1ccc(Cl)cc1NS(=O)(=O)c1nccc2sncc12. The van der Waals surface area contributed by atoms with Gasteiger partial charge in [0, 0.05) is 38.4 Å². The molecule has 0 unspecified atom stereocenters. The quantitative estimate of drug-likeness (QED) is 0.299. The monoisotopic (exact) mass is 560 g/mol. The Hall–Kier alpha value is -2.14. The zero-order chi connectivity index (χ0) is 23.8. The van der Waals surface area contributed by atoms with E-state index in [9.17, 15) is 13.2 Å². The van der Waals surface area contributed by atoms with Gasteiger partial charge in [0.15, 0.2) is 5.03 Å². The number of hydrogen-bond donors (Lipinski definition) is 2. The number of sulfonamides is 1. The molecule has 2 aromatic carbocycles. The summed E-state index contributed by atoms with van der Waals surface area (Å²) in [7, 11) is -4.16. The van der Waals surface area contributed by atoms with Crippen LogP contribution in [0.3, 0.4) is 0 Å². The van der Waals surface area contributed by atoms with E-state index >= 15 is 0 Å². The van der Waals surface area contributed by atoms with Gasteiger partial charge in [0.05, 0.1) is 27.5 Å². The molecule has 0 atom stereocenters. The fourth-order valence-electron chi connectivity index (χ4n) is 2.98. The van der Waals surface area contributed by atoms with Crippen LogP contribution in [-0.4, -0.2) is 23.7 Å². The smallest absolute Gasteiger partial charge is 0.280 e. The van der Waals surface area contributed by atoms with Crippen molar-refractivity contribution in [2.75, 3.05) is 4.72 Å². The van der Waals surface area contributed by atoms with Crippen LogP contribution in [0, 0.1) is 0 Å². The predicted molar refractivity (Wildman–Crippen MR) is 132 cm³/mol. The third-order valence-electron chi connectivity index (χ3n) is 4.50. The molecule has 0 aliphatic carbocycles. The van der Waals surface area contributed by atoms with Crippen LogP contribution in [0.15, 0.2) is 53.8 Å². The van der Waals surface area contributed by atoms with Gasteiger partial charge in [-0.25, -0.2) is 4.98 Å². The first-order valence-electron chi connectivity index (χ1n) is 9.09. The Labute approximate surface area is 212 Å². The van der Waals surface area contributed by atoms with Crippen molar-refractivity contribution in [2.45, 2.75) is 11.6 Å². The maximum atomic E-state index is 13.1. The molecule has 4 aromatic rings. The number of benzene rings is 2. The van der Waals surface area contributed by atoms with Crippen LogP contribution in [-0.2, 0) is 16.6 Å². The fourth-order valence-corrected chi connectivity index (χ4v) is 6.02. The molecule has 33 heavy (non-hydrogen) atoms. The first-order valence-corrected chi connectivity index (χ1v) is 12.9. The summed E-state index contributed by atoms with van der Waals surface area (Å²) < 4.78 is 33.2. The molecule has 0 aliphatic rings. The van der Waals surface area contributed by atoms with E-state index in [-0.39, 0.29) is 37.9 Å². The highest BCUT2D eigenvalue weighted by Crippen LogP contribution is 2.30. The van der Waals surface area contributed by atoms with Gasteiger partial charge in [0.1, 0.15) is 0 Å². The summed E-state index contributed by atoms with van der Waals surface area (Å²) >= 11 is 25.5. The summed E-state index contributed by atoms with van der Waals surface area (Å²) in [6.45, 7) is -0.01000. The number of nitrogens with zero attached hydrogens (tertiary/aromatic N) is 2. The third-order valence-corrected chi connectivity index (χ3v) is 7.72. The molecule has 1 amide bonds. The molecule has 170 valence electrons. The molecule has 0 saturated carbocycles. The molecule has 0 fully saturated rings. The van der Waals surface area contributed by atoms with Crippen molar-refractivity contribution in [2.24, 2.45) is 0 Å². The van der Waals surface area contributed by atoms with Crippen molar-refractivity contribution in [3.63, 3.8) is 0 Å². The number of nitrogens with one attached hydrogen (secondary N) is 2. The number of aromatic nitrogens is 2. The molecule has 2 aromatic heterocycles. The minimum Gasteiger partial charge on any atom is -0.348 e. The van der Waals surface area contributed by atoms with Gasteiger partial charge >= 0.3 is 0 Å². The van der Waals surface area contributed by atoms with Crippen molar-refractivity contribution < 1.29 is 13.2 Å². The second kappa shape index (κ2) is 9.61. The van der Waals surface area contributed by atoms with E-state index in [1.165, 1.54) is 42.7 Å². The highest BCUT2D eigenvalue weighted by molar-refractivity contribution is 7.92. The Morgan fingerprint density at radius 2 is 1.73 bits per heavy atom. The van der Waals surface area contributed by atoms with E-state index in [0.29, 0.717) is 20.7 Å². The number of halogens is 4. The maximum Gasteiger partial charge on any atom is 0.280 e. The van der Waals surface area contributed by atoms with Crippen molar-refractivity contribution >= 4 is 89.6 Å². The lowest BCUT2D eigenvalue weighted by molar-refractivity contribution is 0.0952. The Bertz CT molecular complexity index is 1470. The summed E-state index contributed by atoms with van der Waals surface area (Å²) in [4.78, 5) is 16.9. The number of fused-ring (bicyclic) bond motifs is 1. The lowest BCUT2D eigenvalue weighted by Crippen LogP contribution is -2.25. The summed E-state index contributed by atoms with van der Waals surface area (Å²) in [6.07, 6.45) is 2.80. The van der Waals surface area contributed by atoms with Gasteiger partial charge in [0.2, 0.25) is 0 Å². The van der Waals surface area contributed by atoms with Gasteiger partial charge < -0.3 is 5.32 Å². The van der Waals surface area contributed by atoms with Crippen LogP contribution in [0.2, 0.25) is 20.1 Å². The number of pyridine rings is 1. The van der Waals surface area contributed by atoms with Crippen LogP contribution < -0.4 is 10.0 Å². The predicted octanol–water partition coefficient (Wildman–Crippen LogP) is 6.04. The number of hydrogen-bond acceptors (Lipinski definition) is 6. The third kappa shape index (κ3) is 5.18. The Kier molecular flexibility index (Phi) is 6.99. The van der Waals surface area contributed by atoms with Crippen molar-refractivity contribution in [3.05, 3.63) is 80.0 Å². The van der Waals surface area contributed by atoms with Crippen molar-refractivity contribution in [3.8, 4) is 0 Å². The summed E-state index contributed by atoms with van der Waals surface area (Å²) in [5.41, 5.74) is 0.489.